The molecule has 1 heterocycles. The SMILES string of the molecule is C[C@@H]1CCNCC[C@@]1(C)O. The summed E-state index contributed by atoms with van der Waals surface area (Å²) in [5.41, 5.74) is -0.441. The van der Waals surface area contributed by atoms with Gasteiger partial charge in [0.25, 0.3) is 0 Å². The molecule has 0 aromatic carbocycles. The van der Waals surface area contributed by atoms with Crippen molar-refractivity contribution in [2.75, 3.05) is 13.1 Å². The molecule has 60 valence electrons. The Labute approximate surface area is 62.6 Å². The highest BCUT2D eigenvalue weighted by Gasteiger charge is 2.28. The first kappa shape index (κ1) is 8.02. The van der Waals surface area contributed by atoms with Crippen molar-refractivity contribution < 1.29 is 5.11 Å². The van der Waals surface area contributed by atoms with Crippen LogP contribution in [0.25, 0.3) is 0 Å². The molecule has 2 nitrogen and oxygen atoms in total. The summed E-state index contributed by atoms with van der Waals surface area (Å²) in [5, 5.41) is 13.1. The van der Waals surface area contributed by atoms with Crippen molar-refractivity contribution in [3.8, 4) is 0 Å². The van der Waals surface area contributed by atoms with Crippen molar-refractivity contribution >= 4 is 0 Å². The minimum Gasteiger partial charge on any atom is -0.390 e. The molecule has 0 aromatic heterocycles. The fourth-order valence-corrected chi connectivity index (χ4v) is 1.34. The molecule has 0 saturated carbocycles. The van der Waals surface area contributed by atoms with Gasteiger partial charge in [-0.3, -0.25) is 0 Å². The zero-order valence-electron chi connectivity index (χ0n) is 6.85. The molecule has 2 atom stereocenters. The second-order valence-corrected chi connectivity index (χ2v) is 3.55. The molecule has 2 heteroatoms. The van der Waals surface area contributed by atoms with E-state index in [-0.39, 0.29) is 0 Å². The van der Waals surface area contributed by atoms with Gasteiger partial charge in [0.05, 0.1) is 5.60 Å². The van der Waals surface area contributed by atoms with Gasteiger partial charge in [0, 0.05) is 0 Å². The first-order valence-electron chi connectivity index (χ1n) is 4.06. The van der Waals surface area contributed by atoms with E-state index < -0.39 is 5.60 Å². The molecule has 1 saturated heterocycles. The summed E-state index contributed by atoms with van der Waals surface area (Å²) in [7, 11) is 0. The summed E-state index contributed by atoms with van der Waals surface area (Å²) < 4.78 is 0. The van der Waals surface area contributed by atoms with Gasteiger partial charge in [-0.25, -0.2) is 0 Å². The van der Waals surface area contributed by atoms with Crippen molar-refractivity contribution in [3.63, 3.8) is 0 Å². The lowest BCUT2D eigenvalue weighted by molar-refractivity contribution is 0.00377. The Morgan fingerprint density at radius 2 is 2.20 bits per heavy atom. The molecule has 1 aliphatic rings. The van der Waals surface area contributed by atoms with Crippen molar-refractivity contribution in [3.05, 3.63) is 0 Å². The Kier molecular flexibility index (Phi) is 2.32. The highest BCUT2D eigenvalue weighted by atomic mass is 16.3. The second-order valence-electron chi connectivity index (χ2n) is 3.55. The maximum absolute atomic E-state index is 9.78. The Hall–Kier alpha value is -0.0800. The Balaban J connectivity index is 2.52. The van der Waals surface area contributed by atoms with E-state index in [1.807, 2.05) is 6.92 Å². The largest absolute Gasteiger partial charge is 0.390 e. The topological polar surface area (TPSA) is 32.3 Å². The minimum absolute atomic E-state index is 0.433. The summed E-state index contributed by atoms with van der Waals surface area (Å²) in [4.78, 5) is 0. The minimum atomic E-state index is -0.441. The number of hydrogen-bond donors (Lipinski definition) is 2. The van der Waals surface area contributed by atoms with Gasteiger partial charge in [-0.15, -0.1) is 0 Å². The van der Waals surface area contributed by atoms with E-state index in [0.717, 1.165) is 25.9 Å². The van der Waals surface area contributed by atoms with E-state index in [0.29, 0.717) is 5.92 Å². The van der Waals surface area contributed by atoms with Crippen LogP contribution < -0.4 is 5.32 Å². The fraction of sp³-hybridized carbons (Fsp3) is 1.00. The zero-order chi connectivity index (χ0) is 7.61. The van der Waals surface area contributed by atoms with Crippen molar-refractivity contribution in [1.29, 1.82) is 0 Å². The number of hydrogen-bond acceptors (Lipinski definition) is 2. The molecule has 10 heavy (non-hydrogen) atoms. The van der Waals surface area contributed by atoms with Crippen molar-refractivity contribution in [1.82, 2.24) is 5.32 Å². The van der Waals surface area contributed by atoms with E-state index in [1.54, 1.807) is 0 Å². The monoisotopic (exact) mass is 143 g/mol. The quantitative estimate of drug-likeness (QED) is 0.524. The smallest absolute Gasteiger partial charge is 0.0657 e. The molecule has 0 amide bonds. The molecule has 1 fully saturated rings. The molecule has 0 radical (unpaired) electrons. The zero-order valence-corrected chi connectivity index (χ0v) is 6.85. The summed E-state index contributed by atoms with van der Waals surface area (Å²) in [6.07, 6.45) is 1.97. The third kappa shape index (κ3) is 1.70. The van der Waals surface area contributed by atoms with Gasteiger partial charge in [-0.2, -0.15) is 0 Å². The van der Waals surface area contributed by atoms with Gasteiger partial charge in [0.15, 0.2) is 0 Å². The van der Waals surface area contributed by atoms with Crippen LogP contribution in [0.1, 0.15) is 26.7 Å². The van der Waals surface area contributed by atoms with Crippen LogP contribution in [0.5, 0.6) is 0 Å². The normalized spacial score (nSPS) is 42.9. The third-order valence-electron chi connectivity index (χ3n) is 2.62. The summed E-state index contributed by atoms with van der Waals surface area (Å²) in [6, 6.07) is 0. The van der Waals surface area contributed by atoms with Crippen LogP contribution >= 0.6 is 0 Å². The molecule has 0 unspecified atom stereocenters. The highest BCUT2D eigenvalue weighted by molar-refractivity contribution is 4.82. The van der Waals surface area contributed by atoms with Gasteiger partial charge >= 0.3 is 0 Å². The van der Waals surface area contributed by atoms with E-state index in [4.69, 9.17) is 0 Å². The maximum Gasteiger partial charge on any atom is 0.0657 e. The Morgan fingerprint density at radius 1 is 1.50 bits per heavy atom. The first-order valence-corrected chi connectivity index (χ1v) is 4.06. The van der Waals surface area contributed by atoms with Crippen LogP contribution in [0.2, 0.25) is 0 Å². The third-order valence-corrected chi connectivity index (χ3v) is 2.62. The Morgan fingerprint density at radius 3 is 2.90 bits per heavy atom. The van der Waals surface area contributed by atoms with Gasteiger partial charge in [0.2, 0.25) is 0 Å². The van der Waals surface area contributed by atoms with E-state index in [1.165, 1.54) is 0 Å². The van der Waals surface area contributed by atoms with E-state index in [9.17, 15) is 5.11 Å². The molecule has 0 bridgehead atoms. The molecule has 1 aliphatic heterocycles. The molecular weight excluding hydrogens is 126 g/mol. The van der Waals surface area contributed by atoms with Crippen LogP contribution in [-0.2, 0) is 0 Å². The van der Waals surface area contributed by atoms with Gasteiger partial charge in [-0.1, -0.05) is 6.92 Å². The molecule has 1 rings (SSSR count). The van der Waals surface area contributed by atoms with Gasteiger partial charge in [-0.05, 0) is 38.8 Å². The molecule has 0 aliphatic carbocycles. The molecule has 0 aromatic rings. The van der Waals surface area contributed by atoms with Crippen LogP contribution in [0.15, 0.2) is 0 Å². The van der Waals surface area contributed by atoms with Crippen LogP contribution in [0.3, 0.4) is 0 Å². The molecular formula is C8H17NO. The summed E-state index contributed by atoms with van der Waals surface area (Å²) in [5.74, 6) is 0.433. The predicted molar refractivity (Wildman–Crippen MR) is 41.9 cm³/mol. The molecule has 0 spiro atoms. The van der Waals surface area contributed by atoms with E-state index in [2.05, 4.69) is 12.2 Å². The van der Waals surface area contributed by atoms with Crippen LogP contribution in [0.4, 0.5) is 0 Å². The van der Waals surface area contributed by atoms with E-state index >= 15 is 0 Å². The number of nitrogens with one attached hydrogen (secondary N) is 1. The molecule has 2 N–H and O–H groups in total. The highest BCUT2D eigenvalue weighted by Crippen LogP contribution is 2.24. The first-order chi connectivity index (χ1) is 4.63. The van der Waals surface area contributed by atoms with Crippen LogP contribution in [-0.4, -0.2) is 23.8 Å². The summed E-state index contributed by atoms with van der Waals surface area (Å²) in [6.45, 7) is 6.06. The number of rotatable bonds is 0. The van der Waals surface area contributed by atoms with Crippen molar-refractivity contribution in [2.45, 2.75) is 32.3 Å². The predicted octanol–water partition coefficient (Wildman–Crippen LogP) is 0.757. The number of aliphatic hydroxyl groups is 1. The maximum atomic E-state index is 9.78. The lowest BCUT2D eigenvalue weighted by Crippen LogP contribution is -2.32. The lowest BCUT2D eigenvalue weighted by atomic mass is 9.87. The fourth-order valence-electron chi connectivity index (χ4n) is 1.34. The summed E-state index contributed by atoms with van der Waals surface area (Å²) >= 11 is 0. The lowest BCUT2D eigenvalue weighted by Gasteiger charge is -2.27. The Bertz CT molecular complexity index is 112. The average Bonchev–Trinajstić information content (AvgIpc) is 1.96. The van der Waals surface area contributed by atoms with Gasteiger partial charge < -0.3 is 10.4 Å². The average molecular weight is 143 g/mol. The van der Waals surface area contributed by atoms with Gasteiger partial charge in [0.1, 0.15) is 0 Å². The second kappa shape index (κ2) is 2.89. The standard InChI is InChI=1S/C8H17NO/c1-7-3-5-9-6-4-8(7,2)10/h7,9-10H,3-6H2,1-2H3/t7-,8-/m1/s1. The van der Waals surface area contributed by atoms with Crippen LogP contribution in [0, 0.1) is 5.92 Å². The van der Waals surface area contributed by atoms with Crippen molar-refractivity contribution in [2.24, 2.45) is 5.92 Å².